The van der Waals surface area contributed by atoms with E-state index in [1.54, 1.807) is 6.08 Å². The van der Waals surface area contributed by atoms with Crippen molar-refractivity contribution in [3.05, 3.63) is 77.4 Å². The number of rotatable bonds is 8. The minimum atomic E-state index is -0.323. The molecule has 0 atom stereocenters. The molecule has 0 N–H and O–H groups in total. The number of carbonyl (C=O) groups is 1. The molecule has 0 aliphatic carbocycles. The highest BCUT2D eigenvalue weighted by Gasteiger charge is 2.07. The highest BCUT2D eigenvalue weighted by Crippen LogP contribution is 2.13. The number of hydrogen-bond acceptors (Lipinski definition) is 3. The lowest BCUT2D eigenvalue weighted by atomic mass is 10.1. The molecule has 0 heterocycles. The maximum atomic E-state index is 11.9. The van der Waals surface area contributed by atoms with Crippen molar-refractivity contribution >= 4 is 24.5 Å². The summed E-state index contributed by atoms with van der Waals surface area (Å²) >= 11 is 0. The van der Waals surface area contributed by atoms with Gasteiger partial charge in [-0.2, -0.15) is 0 Å². The quantitative estimate of drug-likeness (QED) is 0.505. The zero-order chi connectivity index (χ0) is 17.2. The van der Waals surface area contributed by atoms with E-state index in [-0.39, 0.29) is 18.4 Å². The molecule has 0 aliphatic heterocycles. The van der Waals surface area contributed by atoms with Crippen LogP contribution < -0.4 is 0 Å². The fourth-order valence-corrected chi connectivity index (χ4v) is 2.47. The number of benzene rings is 2. The van der Waals surface area contributed by atoms with Crippen molar-refractivity contribution < 1.29 is 9.53 Å². The van der Waals surface area contributed by atoms with Gasteiger partial charge in [0.1, 0.15) is 6.61 Å². The van der Waals surface area contributed by atoms with Gasteiger partial charge in [-0.25, -0.2) is 4.79 Å². The molecular formula is C21H26ClNO2. The SMILES string of the molecule is CCN(CC)Cc1ccccc1COC(=O)/C=C/c1ccccc1.Cl. The van der Waals surface area contributed by atoms with Crippen LogP contribution >= 0.6 is 12.4 Å². The van der Waals surface area contributed by atoms with Crippen LogP contribution in [-0.4, -0.2) is 24.0 Å². The molecule has 0 unspecified atom stereocenters. The Balaban J connectivity index is 0.00000312. The van der Waals surface area contributed by atoms with Crippen LogP contribution in [0.2, 0.25) is 0 Å². The largest absolute Gasteiger partial charge is 0.458 e. The molecule has 0 aliphatic rings. The predicted molar refractivity (Wildman–Crippen MR) is 106 cm³/mol. The monoisotopic (exact) mass is 359 g/mol. The van der Waals surface area contributed by atoms with Gasteiger partial charge in [-0.3, -0.25) is 4.90 Å². The first kappa shape index (κ1) is 20.9. The molecule has 0 aromatic heterocycles. The van der Waals surface area contributed by atoms with Crippen molar-refractivity contribution in [3.63, 3.8) is 0 Å². The van der Waals surface area contributed by atoms with Crippen LogP contribution in [0.1, 0.15) is 30.5 Å². The van der Waals surface area contributed by atoms with Gasteiger partial charge in [0.05, 0.1) is 0 Å². The number of esters is 1. The lowest BCUT2D eigenvalue weighted by Crippen LogP contribution is -2.23. The number of hydrogen-bond donors (Lipinski definition) is 0. The Morgan fingerprint density at radius 3 is 2.20 bits per heavy atom. The van der Waals surface area contributed by atoms with E-state index in [0.29, 0.717) is 6.61 Å². The van der Waals surface area contributed by atoms with Gasteiger partial charge < -0.3 is 4.74 Å². The number of carbonyl (C=O) groups excluding carboxylic acids is 1. The minimum absolute atomic E-state index is 0. The average Bonchev–Trinajstić information content (AvgIpc) is 2.64. The third kappa shape index (κ3) is 7.12. The molecule has 2 aromatic carbocycles. The smallest absolute Gasteiger partial charge is 0.331 e. The van der Waals surface area contributed by atoms with E-state index in [2.05, 4.69) is 24.8 Å². The molecule has 4 heteroatoms. The third-order valence-electron chi connectivity index (χ3n) is 3.99. The highest BCUT2D eigenvalue weighted by molar-refractivity contribution is 5.87. The van der Waals surface area contributed by atoms with E-state index >= 15 is 0 Å². The van der Waals surface area contributed by atoms with Crippen LogP contribution in [0.15, 0.2) is 60.7 Å². The summed E-state index contributed by atoms with van der Waals surface area (Å²) in [6.45, 7) is 7.49. The van der Waals surface area contributed by atoms with Crippen molar-refractivity contribution in [2.45, 2.75) is 27.0 Å². The molecule has 0 spiro atoms. The third-order valence-corrected chi connectivity index (χ3v) is 3.99. The molecule has 3 nitrogen and oxygen atoms in total. The maximum absolute atomic E-state index is 11.9. The van der Waals surface area contributed by atoms with Crippen LogP contribution in [0.3, 0.4) is 0 Å². The summed E-state index contributed by atoms with van der Waals surface area (Å²) < 4.78 is 5.40. The molecule has 2 rings (SSSR count). The summed E-state index contributed by atoms with van der Waals surface area (Å²) in [6, 6.07) is 17.8. The summed E-state index contributed by atoms with van der Waals surface area (Å²) in [4.78, 5) is 14.3. The molecule has 0 saturated carbocycles. The minimum Gasteiger partial charge on any atom is -0.458 e. The summed E-state index contributed by atoms with van der Waals surface area (Å²) in [5, 5.41) is 0. The average molecular weight is 360 g/mol. The topological polar surface area (TPSA) is 29.5 Å². The molecule has 0 bridgehead atoms. The van der Waals surface area contributed by atoms with Crippen LogP contribution in [0.4, 0.5) is 0 Å². The van der Waals surface area contributed by atoms with Crippen LogP contribution in [0.25, 0.3) is 6.08 Å². The van der Waals surface area contributed by atoms with Gasteiger partial charge >= 0.3 is 5.97 Å². The first-order valence-electron chi connectivity index (χ1n) is 8.42. The molecule has 0 amide bonds. The number of nitrogens with zero attached hydrogens (tertiary/aromatic N) is 1. The molecule has 0 radical (unpaired) electrons. The van der Waals surface area contributed by atoms with Gasteiger partial charge in [-0.1, -0.05) is 68.4 Å². The Labute approximate surface area is 156 Å². The Morgan fingerprint density at radius 2 is 1.56 bits per heavy atom. The van der Waals surface area contributed by atoms with Crippen LogP contribution in [0, 0.1) is 0 Å². The molecule has 2 aromatic rings. The second-order valence-corrected chi connectivity index (χ2v) is 5.58. The predicted octanol–water partition coefficient (Wildman–Crippen LogP) is 4.71. The number of halogens is 1. The van der Waals surface area contributed by atoms with Gasteiger partial charge in [0.15, 0.2) is 0 Å². The van der Waals surface area contributed by atoms with Gasteiger partial charge in [-0.05, 0) is 35.9 Å². The highest BCUT2D eigenvalue weighted by atomic mass is 35.5. The summed E-state index contributed by atoms with van der Waals surface area (Å²) in [6.07, 6.45) is 3.24. The van der Waals surface area contributed by atoms with E-state index in [1.165, 1.54) is 11.6 Å². The Bertz CT molecular complexity index is 667. The first-order chi connectivity index (χ1) is 11.7. The molecular weight excluding hydrogens is 334 g/mol. The van der Waals surface area contributed by atoms with Crippen molar-refractivity contribution in [1.82, 2.24) is 4.90 Å². The zero-order valence-electron chi connectivity index (χ0n) is 14.9. The molecule has 0 saturated heterocycles. The van der Waals surface area contributed by atoms with E-state index in [4.69, 9.17) is 4.74 Å². The van der Waals surface area contributed by atoms with Crippen LogP contribution in [0.5, 0.6) is 0 Å². The fraction of sp³-hybridized carbons (Fsp3) is 0.286. The van der Waals surface area contributed by atoms with Gasteiger partial charge in [0.2, 0.25) is 0 Å². The summed E-state index contributed by atoms with van der Waals surface area (Å²) in [5.41, 5.74) is 3.25. The van der Waals surface area contributed by atoms with E-state index in [1.807, 2.05) is 48.5 Å². The van der Waals surface area contributed by atoms with Crippen molar-refractivity contribution in [2.75, 3.05) is 13.1 Å². The number of ether oxygens (including phenoxy) is 1. The molecule has 134 valence electrons. The van der Waals surface area contributed by atoms with Gasteiger partial charge in [-0.15, -0.1) is 12.4 Å². The summed E-state index contributed by atoms with van der Waals surface area (Å²) in [7, 11) is 0. The zero-order valence-corrected chi connectivity index (χ0v) is 15.7. The van der Waals surface area contributed by atoms with Crippen molar-refractivity contribution in [3.8, 4) is 0 Å². The first-order valence-corrected chi connectivity index (χ1v) is 8.42. The molecule has 25 heavy (non-hydrogen) atoms. The van der Waals surface area contributed by atoms with E-state index in [9.17, 15) is 4.79 Å². The Morgan fingerprint density at radius 1 is 0.960 bits per heavy atom. The second-order valence-electron chi connectivity index (χ2n) is 5.58. The Hall–Kier alpha value is -2.10. The van der Waals surface area contributed by atoms with Crippen LogP contribution in [-0.2, 0) is 22.7 Å². The normalized spacial score (nSPS) is 10.7. The van der Waals surface area contributed by atoms with Gasteiger partial charge in [0.25, 0.3) is 0 Å². The van der Waals surface area contributed by atoms with Gasteiger partial charge in [0, 0.05) is 12.6 Å². The summed E-state index contributed by atoms with van der Waals surface area (Å²) in [5.74, 6) is -0.323. The standard InChI is InChI=1S/C21H25NO2.ClH/c1-3-22(4-2)16-19-12-8-9-13-20(19)17-24-21(23)15-14-18-10-6-5-7-11-18;/h5-15H,3-4,16-17H2,1-2H3;1H/b15-14+;. The van der Waals surface area contributed by atoms with E-state index < -0.39 is 0 Å². The van der Waals surface area contributed by atoms with Crippen molar-refractivity contribution in [1.29, 1.82) is 0 Å². The Kier molecular flexibility index (Phi) is 9.60. The fourth-order valence-electron chi connectivity index (χ4n) is 2.47. The lowest BCUT2D eigenvalue weighted by Gasteiger charge is -2.20. The maximum Gasteiger partial charge on any atom is 0.331 e. The van der Waals surface area contributed by atoms with E-state index in [0.717, 1.165) is 30.8 Å². The second kappa shape index (κ2) is 11.5. The van der Waals surface area contributed by atoms with Crippen molar-refractivity contribution in [2.24, 2.45) is 0 Å². The lowest BCUT2D eigenvalue weighted by molar-refractivity contribution is -0.138. The molecule has 0 fully saturated rings.